The topological polar surface area (TPSA) is 124 Å². The zero-order valence-corrected chi connectivity index (χ0v) is 10.4. The van der Waals surface area contributed by atoms with Gasteiger partial charge in [0.1, 0.15) is 5.69 Å². The van der Waals surface area contributed by atoms with Crippen molar-refractivity contribution in [2.24, 2.45) is 5.73 Å². The number of aromatic nitrogens is 2. The van der Waals surface area contributed by atoms with Crippen LogP contribution in [-0.4, -0.2) is 27.3 Å². The Morgan fingerprint density at radius 1 is 1.56 bits per heavy atom. The number of hydrogen-bond acceptors (Lipinski definition) is 6. The molecule has 18 heavy (non-hydrogen) atoms. The number of rotatable bonds is 6. The maximum absolute atomic E-state index is 10.9. The van der Waals surface area contributed by atoms with Crippen molar-refractivity contribution in [3.05, 3.63) is 21.1 Å². The van der Waals surface area contributed by atoms with Gasteiger partial charge in [0.25, 0.3) is 0 Å². The van der Waals surface area contributed by atoms with Gasteiger partial charge in [-0.05, 0) is 24.9 Å². The smallest absolute Gasteiger partial charge is 0.332 e. The predicted molar refractivity (Wildman–Crippen MR) is 65.4 cm³/mol. The Morgan fingerprint density at radius 3 is 2.78 bits per heavy atom. The van der Waals surface area contributed by atoms with Crippen molar-refractivity contribution < 1.29 is 9.72 Å². The van der Waals surface area contributed by atoms with Gasteiger partial charge in [0.2, 0.25) is 17.0 Å². The molecule has 0 aliphatic carbocycles. The van der Waals surface area contributed by atoms with E-state index in [4.69, 9.17) is 17.3 Å². The Balaban J connectivity index is 2.80. The number of nitrogens with one attached hydrogen (secondary N) is 1. The van der Waals surface area contributed by atoms with Crippen LogP contribution in [0.3, 0.4) is 0 Å². The van der Waals surface area contributed by atoms with E-state index < -0.39 is 10.8 Å². The van der Waals surface area contributed by atoms with Gasteiger partial charge in [-0.1, -0.05) is 0 Å². The van der Waals surface area contributed by atoms with Crippen LogP contribution in [0, 0.1) is 17.0 Å². The molecule has 0 aliphatic heterocycles. The fourth-order valence-electron chi connectivity index (χ4n) is 1.34. The van der Waals surface area contributed by atoms with Crippen molar-refractivity contribution in [3.63, 3.8) is 0 Å². The second kappa shape index (κ2) is 6.10. The number of halogens is 1. The van der Waals surface area contributed by atoms with Crippen LogP contribution in [0.1, 0.15) is 18.5 Å². The first-order valence-corrected chi connectivity index (χ1v) is 5.50. The SMILES string of the molecule is Cc1nc(Cl)nc(NCCCC(N)=O)c1[N+](=O)[O-]. The van der Waals surface area contributed by atoms with Crippen LogP contribution in [0.25, 0.3) is 0 Å². The number of primary amides is 1. The lowest BCUT2D eigenvalue weighted by Crippen LogP contribution is -2.14. The Morgan fingerprint density at radius 2 is 2.22 bits per heavy atom. The van der Waals surface area contributed by atoms with E-state index in [1.165, 1.54) is 6.92 Å². The number of carbonyl (C=O) groups is 1. The number of nitrogens with two attached hydrogens (primary N) is 1. The summed E-state index contributed by atoms with van der Waals surface area (Å²) in [5.41, 5.74) is 4.93. The first-order chi connectivity index (χ1) is 8.41. The summed E-state index contributed by atoms with van der Waals surface area (Å²) in [5.74, 6) is -0.384. The van der Waals surface area contributed by atoms with Crippen LogP contribution in [0.5, 0.6) is 0 Å². The molecule has 0 spiro atoms. The highest BCUT2D eigenvalue weighted by molar-refractivity contribution is 6.28. The molecule has 0 radical (unpaired) electrons. The van der Waals surface area contributed by atoms with Gasteiger partial charge < -0.3 is 11.1 Å². The van der Waals surface area contributed by atoms with E-state index >= 15 is 0 Å². The molecule has 0 aromatic carbocycles. The summed E-state index contributed by atoms with van der Waals surface area (Å²) < 4.78 is 0. The van der Waals surface area contributed by atoms with Gasteiger partial charge in [0, 0.05) is 13.0 Å². The Bertz CT molecular complexity index is 480. The first kappa shape index (κ1) is 14.1. The molecule has 0 fully saturated rings. The van der Waals surface area contributed by atoms with Crippen molar-refractivity contribution in [1.29, 1.82) is 0 Å². The molecule has 3 N–H and O–H groups in total. The highest BCUT2D eigenvalue weighted by atomic mass is 35.5. The number of aryl methyl sites for hydroxylation is 1. The molecule has 0 atom stereocenters. The van der Waals surface area contributed by atoms with Crippen molar-refractivity contribution in [2.75, 3.05) is 11.9 Å². The minimum atomic E-state index is -0.581. The van der Waals surface area contributed by atoms with Crippen LogP contribution in [0.15, 0.2) is 0 Å². The summed E-state index contributed by atoms with van der Waals surface area (Å²) in [4.78, 5) is 28.3. The lowest BCUT2D eigenvalue weighted by Gasteiger charge is -2.07. The van der Waals surface area contributed by atoms with Crippen LogP contribution < -0.4 is 11.1 Å². The number of anilines is 1. The number of carbonyl (C=O) groups excluding carboxylic acids is 1. The molecule has 0 unspecified atom stereocenters. The Labute approximate surface area is 108 Å². The van der Waals surface area contributed by atoms with E-state index in [1.807, 2.05) is 0 Å². The molecular weight excluding hydrogens is 262 g/mol. The summed E-state index contributed by atoms with van der Waals surface area (Å²) in [6.07, 6.45) is 0.645. The van der Waals surface area contributed by atoms with E-state index in [2.05, 4.69) is 15.3 Å². The average Bonchev–Trinajstić information content (AvgIpc) is 2.22. The van der Waals surface area contributed by atoms with Gasteiger partial charge in [-0.3, -0.25) is 14.9 Å². The molecule has 0 aliphatic rings. The van der Waals surface area contributed by atoms with Crippen LogP contribution in [0.2, 0.25) is 5.28 Å². The summed E-state index contributed by atoms with van der Waals surface area (Å²) in [6.45, 7) is 1.80. The van der Waals surface area contributed by atoms with Crippen molar-refractivity contribution in [1.82, 2.24) is 9.97 Å². The average molecular weight is 274 g/mol. The molecular formula is C9H12ClN5O3. The van der Waals surface area contributed by atoms with Crippen molar-refractivity contribution in [3.8, 4) is 0 Å². The minimum absolute atomic E-state index is 0.0435. The third-order valence-electron chi connectivity index (χ3n) is 2.11. The second-order valence-electron chi connectivity index (χ2n) is 3.53. The van der Waals surface area contributed by atoms with E-state index in [1.54, 1.807) is 0 Å². The predicted octanol–water partition coefficient (Wildman–Crippen LogP) is 1.02. The molecule has 98 valence electrons. The summed E-state index contributed by atoms with van der Waals surface area (Å²) >= 11 is 5.63. The fraction of sp³-hybridized carbons (Fsp3) is 0.444. The molecule has 0 bridgehead atoms. The fourth-order valence-corrected chi connectivity index (χ4v) is 1.56. The number of nitrogens with zero attached hydrogens (tertiary/aromatic N) is 3. The van der Waals surface area contributed by atoms with Gasteiger partial charge >= 0.3 is 5.69 Å². The molecule has 0 saturated carbocycles. The van der Waals surface area contributed by atoms with Crippen molar-refractivity contribution >= 4 is 29.0 Å². The third kappa shape index (κ3) is 3.81. The molecule has 1 aromatic rings. The van der Waals surface area contributed by atoms with Crippen LogP contribution in [0.4, 0.5) is 11.5 Å². The Kier molecular flexibility index (Phi) is 4.78. The molecule has 0 saturated heterocycles. The zero-order chi connectivity index (χ0) is 13.7. The van der Waals surface area contributed by atoms with Gasteiger partial charge in [-0.15, -0.1) is 0 Å². The lowest BCUT2D eigenvalue weighted by molar-refractivity contribution is -0.385. The number of hydrogen-bond donors (Lipinski definition) is 2. The van der Waals surface area contributed by atoms with Crippen LogP contribution in [-0.2, 0) is 4.79 Å². The maximum Gasteiger partial charge on any atom is 0.332 e. The second-order valence-corrected chi connectivity index (χ2v) is 3.87. The number of nitro groups is 1. The normalized spacial score (nSPS) is 10.1. The van der Waals surface area contributed by atoms with E-state index in [0.717, 1.165) is 0 Å². The van der Waals surface area contributed by atoms with Gasteiger partial charge in [0.05, 0.1) is 4.92 Å². The zero-order valence-electron chi connectivity index (χ0n) is 9.64. The maximum atomic E-state index is 10.9. The standard InChI is InChI=1S/C9H12ClN5O3/c1-5-7(15(17)18)8(14-9(10)13-5)12-4-2-3-6(11)16/h2-4H2,1H3,(H2,11,16)(H,12,13,14). The monoisotopic (exact) mass is 273 g/mol. The van der Waals surface area contributed by atoms with E-state index in [9.17, 15) is 14.9 Å². The molecule has 9 heteroatoms. The van der Waals surface area contributed by atoms with E-state index in [0.29, 0.717) is 13.0 Å². The molecule has 1 aromatic heterocycles. The summed E-state index contributed by atoms with van der Waals surface area (Å²) in [7, 11) is 0. The largest absolute Gasteiger partial charge is 0.370 e. The van der Waals surface area contributed by atoms with Gasteiger partial charge in [-0.2, -0.15) is 4.98 Å². The molecule has 1 rings (SSSR count). The lowest BCUT2D eigenvalue weighted by atomic mass is 10.3. The first-order valence-electron chi connectivity index (χ1n) is 5.12. The Hall–Kier alpha value is -1.96. The van der Waals surface area contributed by atoms with Crippen molar-refractivity contribution in [2.45, 2.75) is 19.8 Å². The summed E-state index contributed by atoms with van der Waals surface area (Å²) in [5, 5.41) is 13.5. The highest BCUT2D eigenvalue weighted by Crippen LogP contribution is 2.26. The molecule has 1 amide bonds. The number of amides is 1. The van der Waals surface area contributed by atoms with Crippen LogP contribution >= 0.6 is 11.6 Å². The van der Waals surface area contributed by atoms with Gasteiger partial charge in [-0.25, -0.2) is 4.98 Å². The van der Waals surface area contributed by atoms with Gasteiger partial charge in [0.15, 0.2) is 0 Å². The quantitative estimate of drug-likeness (QED) is 0.345. The highest BCUT2D eigenvalue weighted by Gasteiger charge is 2.21. The molecule has 1 heterocycles. The molecule has 8 nitrogen and oxygen atoms in total. The third-order valence-corrected chi connectivity index (χ3v) is 2.28. The van der Waals surface area contributed by atoms with E-state index in [-0.39, 0.29) is 28.9 Å². The summed E-state index contributed by atoms with van der Waals surface area (Å²) in [6, 6.07) is 0. The minimum Gasteiger partial charge on any atom is -0.370 e.